The Balaban J connectivity index is 1.54. The van der Waals surface area contributed by atoms with Crippen molar-refractivity contribution in [2.45, 2.75) is 63.1 Å². The summed E-state index contributed by atoms with van der Waals surface area (Å²) in [5.41, 5.74) is 4.33. The Hall–Kier alpha value is -4.15. The van der Waals surface area contributed by atoms with Crippen molar-refractivity contribution in [1.29, 1.82) is 0 Å². The SMILES string of the molecule is CCCCCOc1ccc(C2C(=C(O)c3ccc(C)cc3)C(=O)C(=O)N2c2nnc(SCc3ccc(C)cc3)s2)cc1OCC. The zero-order valence-corrected chi connectivity index (χ0v) is 27.5. The highest BCUT2D eigenvalue weighted by Crippen LogP contribution is 2.45. The summed E-state index contributed by atoms with van der Waals surface area (Å²) < 4.78 is 12.6. The van der Waals surface area contributed by atoms with Crippen LogP contribution in [0, 0.1) is 13.8 Å². The fourth-order valence-electron chi connectivity index (χ4n) is 5.02. The van der Waals surface area contributed by atoms with Gasteiger partial charge >= 0.3 is 5.91 Å². The molecular weight excluding hydrogens is 607 g/mol. The lowest BCUT2D eigenvalue weighted by molar-refractivity contribution is -0.132. The van der Waals surface area contributed by atoms with Crippen molar-refractivity contribution < 1.29 is 24.2 Å². The molecule has 1 aromatic heterocycles. The number of hydrogen-bond donors (Lipinski definition) is 1. The first-order valence-electron chi connectivity index (χ1n) is 15.1. The summed E-state index contributed by atoms with van der Waals surface area (Å²) in [6.45, 7) is 8.95. The summed E-state index contributed by atoms with van der Waals surface area (Å²) >= 11 is 2.74. The average Bonchev–Trinajstić information content (AvgIpc) is 3.61. The molecule has 1 fully saturated rings. The van der Waals surface area contributed by atoms with Crippen LogP contribution < -0.4 is 14.4 Å². The fraction of sp³-hybridized carbons (Fsp3) is 0.314. The van der Waals surface area contributed by atoms with Gasteiger partial charge in [-0.2, -0.15) is 0 Å². The number of ether oxygens (including phenoxy) is 2. The van der Waals surface area contributed by atoms with Crippen molar-refractivity contribution in [2.75, 3.05) is 18.1 Å². The van der Waals surface area contributed by atoms with E-state index in [1.807, 2.05) is 32.9 Å². The predicted molar refractivity (Wildman–Crippen MR) is 179 cm³/mol. The van der Waals surface area contributed by atoms with Crippen LogP contribution in [0.15, 0.2) is 76.6 Å². The molecule has 1 aliphatic heterocycles. The second-order valence-electron chi connectivity index (χ2n) is 10.9. The van der Waals surface area contributed by atoms with Gasteiger partial charge in [-0.3, -0.25) is 14.5 Å². The molecule has 1 aliphatic rings. The van der Waals surface area contributed by atoms with Gasteiger partial charge in [0.1, 0.15) is 5.76 Å². The first-order chi connectivity index (χ1) is 21.8. The van der Waals surface area contributed by atoms with Crippen molar-refractivity contribution in [3.63, 3.8) is 0 Å². The molecule has 8 nitrogen and oxygen atoms in total. The van der Waals surface area contributed by atoms with E-state index in [0.29, 0.717) is 45.9 Å². The van der Waals surface area contributed by atoms with Crippen LogP contribution in [0.1, 0.15) is 67.0 Å². The minimum atomic E-state index is -0.956. The molecule has 3 aromatic carbocycles. The molecule has 1 atom stereocenters. The summed E-state index contributed by atoms with van der Waals surface area (Å²) in [5, 5.41) is 20.5. The molecule has 0 radical (unpaired) electrons. The highest BCUT2D eigenvalue weighted by molar-refractivity contribution is 8.00. The molecule has 234 valence electrons. The number of aromatic nitrogens is 2. The third-order valence-corrected chi connectivity index (χ3v) is 9.57. The Kier molecular flexibility index (Phi) is 10.6. The number of Topliss-reactive ketones (excluding diaryl/α,β-unsaturated/α-hetero) is 1. The first-order valence-corrected chi connectivity index (χ1v) is 16.9. The Bertz CT molecular complexity index is 1680. The monoisotopic (exact) mass is 643 g/mol. The zero-order chi connectivity index (χ0) is 31.9. The minimum absolute atomic E-state index is 0.0213. The van der Waals surface area contributed by atoms with Gasteiger partial charge < -0.3 is 14.6 Å². The Morgan fingerprint density at radius 1 is 0.911 bits per heavy atom. The highest BCUT2D eigenvalue weighted by atomic mass is 32.2. The molecule has 0 bridgehead atoms. The minimum Gasteiger partial charge on any atom is -0.507 e. The van der Waals surface area contributed by atoms with E-state index >= 15 is 0 Å². The second kappa shape index (κ2) is 14.8. The molecule has 45 heavy (non-hydrogen) atoms. The molecule has 1 amide bonds. The van der Waals surface area contributed by atoms with E-state index in [9.17, 15) is 14.7 Å². The number of aliphatic hydroxyl groups is 1. The van der Waals surface area contributed by atoms with E-state index in [4.69, 9.17) is 9.47 Å². The maximum absolute atomic E-state index is 13.7. The van der Waals surface area contributed by atoms with Gasteiger partial charge in [-0.25, -0.2) is 0 Å². The molecule has 5 rings (SSSR count). The van der Waals surface area contributed by atoms with Gasteiger partial charge in [0.05, 0.1) is 24.8 Å². The van der Waals surface area contributed by atoms with Gasteiger partial charge in [-0.1, -0.05) is 109 Å². The van der Waals surface area contributed by atoms with Crippen LogP contribution in [0.3, 0.4) is 0 Å². The largest absolute Gasteiger partial charge is 0.507 e. The number of benzene rings is 3. The lowest BCUT2D eigenvalue weighted by atomic mass is 9.95. The van der Waals surface area contributed by atoms with Crippen molar-refractivity contribution in [3.8, 4) is 11.5 Å². The number of rotatable bonds is 13. The number of thioether (sulfide) groups is 1. The molecule has 1 N–H and O–H groups in total. The van der Waals surface area contributed by atoms with Gasteiger partial charge in [0.2, 0.25) is 5.13 Å². The number of ketones is 1. The second-order valence-corrected chi connectivity index (χ2v) is 13.0. The predicted octanol–water partition coefficient (Wildman–Crippen LogP) is 8.04. The number of unbranched alkanes of at least 4 members (excludes halogenated alkanes) is 2. The standard InChI is InChI=1S/C35H37N3O5S2/c1-5-7-8-19-43-27-18-17-26(20-28(27)42-6-2)30-29(31(39)25-15-11-23(4)12-16-25)32(40)33(41)38(30)34-36-37-35(45-34)44-21-24-13-9-22(3)10-14-24/h9-18,20,30,39H,5-8,19,21H2,1-4H3. The Morgan fingerprint density at radius 2 is 1.62 bits per heavy atom. The molecule has 2 heterocycles. The highest BCUT2D eigenvalue weighted by Gasteiger charge is 2.48. The lowest BCUT2D eigenvalue weighted by Gasteiger charge is -2.23. The number of aliphatic hydroxyl groups excluding tert-OH is 1. The molecule has 0 spiro atoms. The summed E-state index contributed by atoms with van der Waals surface area (Å²) in [7, 11) is 0. The maximum atomic E-state index is 13.7. The molecule has 4 aromatic rings. The van der Waals surface area contributed by atoms with Crippen molar-refractivity contribution in [3.05, 3.63) is 100 Å². The number of nitrogens with zero attached hydrogens (tertiary/aromatic N) is 3. The molecular formula is C35H37N3O5S2. The van der Waals surface area contributed by atoms with E-state index in [2.05, 4.69) is 41.4 Å². The van der Waals surface area contributed by atoms with Gasteiger partial charge in [0.25, 0.3) is 5.78 Å². The molecule has 10 heteroatoms. The number of hydrogen-bond acceptors (Lipinski definition) is 9. The van der Waals surface area contributed by atoms with Crippen LogP contribution in [0.4, 0.5) is 5.13 Å². The Morgan fingerprint density at radius 3 is 2.31 bits per heavy atom. The third-order valence-electron chi connectivity index (χ3n) is 7.44. The van der Waals surface area contributed by atoms with Crippen LogP contribution in [0.5, 0.6) is 11.5 Å². The number of amides is 1. The molecule has 0 aliphatic carbocycles. The fourth-order valence-corrected chi connectivity index (χ4v) is 6.84. The van der Waals surface area contributed by atoms with Crippen molar-refractivity contribution >= 4 is 45.7 Å². The average molecular weight is 644 g/mol. The van der Waals surface area contributed by atoms with Crippen LogP contribution in [-0.4, -0.2) is 40.2 Å². The zero-order valence-electron chi connectivity index (χ0n) is 25.9. The van der Waals surface area contributed by atoms with Crippen LogP contribution in [0.2, 0.25) is 0 Å². The topological polar surface area (TPSA) is 102 Å². The van der Waals surface area contributed by atoms with Crippen LogP contribution in [0.25, 0.3) is 5.76 Å². The summed E-state index contributed by atoms with van der Waals surface area (Å²) in [6, 6.07) is 19.8. The van der Waals surface area contributed by atoms with Crippen molar-refractivity contribution in [1.82, 2.24) is 10.2 Å². The summed E-state index contributed by atoms with van der Waals surface area (Å²) in [6.07, 6.45) is 3.06. The number of carbonyl (C=O) groups excluding carboxylic acids is 2. The van der Waals surface area contributed by atoms with Crippen LogP contribution >= 0.6 is 23.1 Å². The normalized spacial score (nSPS) is 15.9. The van der Waals surface area contributed by atoms with Gasteiger partial charge in [0.15, 0.2) is 15.8 Å². The van der Waals surface area contributed by atoms with E-state index < -0.39 is 17.7 Å². The van der Waals surface area contributed by atoms with Gasteiger partial charge in [0, 0.05) is 11.3 Å². The van der Waals surface area contributed by atoms with Gasteiger partial charge in [-0.15, -0.1) is 10.2 Å². The summed E-state index contributed by atoms with van der Waals surface area (Å²) in [5.74, 6) is -0.0611. The summed E-state index contributed by atoms with van der Waals surface area (Å²) in [4.78, 5) is 28.7. The number of carbonyl (C=O) groups is 2. The Labute approximate surface area is 272 Å². The van der Waals surface area contributed by atoms with E-state index in [0.717, 1.165) is 30.4 Å². The lowest BCUT2D eigenvalue weighted by Crippen LogP contribution is -2.29. The molecule has 1 saturated heterocycles. The first kappa shape index (κ1) is 32.2. The van der Waals surface area contributed by atoms with Crippen LogP contribution in [-0.2, 0) is 15.3 Å². The number of aryl methyl sites for hydroxylation is 2. The molecule has 0 saturated carbocycles. The molecule has 1 unspecified atom stereocenters. The number of anilines is 1. The van der Waals surface area contributed by atoms with E-state index in [-0.39, 0.29) is 16.5 Å². The van der Waals surface area contributed by atoms with E-state index in [1.165, 1.54) is 33.6 Å². The third kappa shape index (κ3) is 7.40. The maximum Gasteiger partial charge on any atom is 0.301 e. The van der Waals surface area contributed by atoms with Crippen molar-refractivity contribution in [2.24, 2.45) is 0 Å². The quantitative estimate of drug-likeness (QED) is 0.0390. The van der Waals surface area contributed by atoms with Gasteiger partial charge in [-0.05, 0) is 50.5 Å². The van der Waals surface area contributed by atoms with E-state index in [1.54, 1.807) is 30.3 Å². The smallest absolute Gasteiger partial charge is 0.301 e.